The molecule has 2 atom stereocenters. The molecule has 0 aliphatic carbocycles. The summed E-state index contributed by atoms with van der Waals surface area (Å²) in [6.07, 6.45) is 2.56. The molecule has 7 heteroatoms. The molecule has 37 heavy (non-hydrogen) atoms. The topological polar surface area (TPSA) is 93.5 Å². The summed E-state index contributed by atoms with van der Waals surface area (Å²) in [6.45, 7) is 7.71. The second-order valence-electron chi connectivity index (χ2n) is 9.69. The van der Waals surface area contributed by atoms with Gasteiger partial charge in [-0.05, 0) is 51.0 Å². The Bertz CT molecular complexity index is 1490. The Morgan fingerprint density at radius 3 is 2.70 bits per heavy atom. The van der Waals surface area contributed by atoms with Crippen molar-refractivity contribution in [2.24, 2.45) is 5.92 Å². The van der Waals surface area contributed by atoms with Gasteiger partial charge in [-0.2, -0.15) is 0 Å². The van der Waals surface area contributed by atoms with E-state index in [9.17, 15) is 9.59 Å². The summed E-state index contributed by atoms with van der Waals surface area (Å²) in [5.41, 5.74) is 4.65. The number of fused-ring (bicyclic) bond motifs is 1. The van der Waals surface area contributed by atoms with Crippen molar-refractivity contribution in [2.45, 2.75) is 33.2 Å². The molecular weight excluding hydrogens is 466 g/mol. The van der Waals surface area contributed by atoms with Crippen LogP contribution in [0.1, 0.15) is 46.6 Å². The molecular formula is C30H31N3O4. The van der Waals surface area contributed by atoms with Crippen LogP contribution in [0.2, 0.25) is 0 Å². The van der Waals surface area contributed by atoms with E-state index in [-0.39, 0.29) is 17.4 Å². The number of aromatic nitrogens is 1. The molecule has 2 N–H and O–H groups in total. The minimum Gasteiger partial charge on any atom is -0.455 e. The Kier molecular flexibility index (Phi) is 7.06. The fourth-order valence-electron chi connectivity index (χ4n) is 4.83. The van der Waals surface area contributed by atoms with Gasteiger partial charge in [-0.1, -0.05) is 36.4 Å². The largest absolute Gasteiger partial charge is 0.455 e. The summed E-state index contributed by atoms with van der Waals surface area (Å²) < 4.78 is 11.8. The van der Waals surface area contributed by atoms with Gasteiger partial charge in [0.25, 0.3) is 5.91 Å². The van der Waals surface area contributed by atoms with E-state index in [0.29, 0.717) is 52.7 Å². The van der Waals surface area contributed by atoms with Gasteiger partial charge in [0, 0.05) is 42.0 Å². The van der Waals surface area contributed by atoms with Gasteiger partial charge in [0.05, 0.1) is 23.7 Å². The molecule has 4 aromatic rings. The first-order valence-corrected chi connectivity index (χ1v) is 12.6. The van der Waals surface area contributed by atoms with E-state index >= 15 is 0 Å². The Balaban J connectivity index is 1.49. The number of pyridine rings is 1. The summed E-state index contributed by atoms with van der Waals surface area (Å²) in [5, 5.41) is 6.97. The van der Waals surface area contributed by atoms with Crippen LogP contribution in [0.25, 0.3) is 22.3 Å². The number of nitrogens with one attached hydrogen (secondary N) is 2. The molecule has 2 aromatic heterocycles. The highest BCUT2D eigenvalue weighted by Gasteiger charge is 2.22. The third-order valence-electron chi connectivity index (χ3n) is 6.86. The molecule has 0 spiro atoms. The van der Waals surface area contributed by atoms with Crippen LogP contribution in [-0.4, -0.2) is 30.6 Å². The Hall–Kier alpha value is -3.97. The number of hydrogen-bond acceptors (Lipinski definition) is 6. The number of benzene rings is 2. The van der Waals surface area contributed by atoms with Crippen LogP contribution in [0, 0.1) is 19.8 Å². The van der Waals surface area contributed by atoms with Crippen molar-refractivity contribution in [1.29, 1.82) is 0 Å². The van der Waals surface area contributed by atoms with E-state index in [1.807, 2.05) is 62.4 Å². The molecule has 1 unspecified atom stereocenters. The van der Waals surface area contributed by atoms with Gasteiger partial charge in [0.2, 0.25) is 0 Å². The molecule has 190 valence electrons. The van der Waals surface area contributed by atoms with Gasteiger partial charge in [-0.3, -0.25) is 9.59 Å². The van der Waals surface area contributed by atoms with Gasteiger partial charge in [0.15, 0.2) is 11.1 Å². The highest BCUT2D eigenvalue weighted by atomic mass is 16.5. The smallest absolute Gasteiger partial charge is 0.272 e. The monoisotopic (exact) mass is 497 g/mol. The zero-order valence-corrected chi connectivity index (χ0v) is 21.3. The molecule has 1 aliphatic rings. The maximum Gasteiger partial charge on any atom is 0.272 e. The van der Waals surface area contributed by atoms with E-state index in [0.717, 1.165) is 29.7 Å². The third kappa shape index (κ3) is 5.13. The highest BCUT2D eigenvalue weighted by Crippen LogP contribution is 2.32. The summed E-state index contributed by atoms with van der Waals surface area (Å²) in [7, 11) is 0. The molecule has 1 aliphatic heterocycles. The molecule has 1 saturated heterocycles. The van der Waals surface area contributed by atoms with Crippen LogP contribution in [-0.2, 0) is 4.74 Å². The lowest BCUT2D eigenvalue weighted by Gasteiger charge is -2.20. The van der Waals surface area contributed by atoms with Crippen LogP contribution < -0.4 is 16.1 Å². The first-order chi connectivity index (χ1) is 17.9. The SMILES string of the molecule is Cc1cc(C(C)Nc2cccnc2C(=O)NC[C@H]2CCOC2)c2oc(-c3ccccc3)c(C)c(=O)c2c1. The van der Waals surface area contributed by atoms with Gasteiger partial charge >= 0.3 is 0 Å². The van der Waals surface area contributed by atoms with Crippen molar-refractivity contribution in [3.05, 3.63) is 93.4 Å². The number of ether oxygens (including phenoxy) is 1. The second-order valence-corrected chi connectivity index (χ2v) is 9.69. The fourth-order valence-corrected chi connectivity index (χ4v) is 4.83. The summed E-state index contributed by atoms with van der Waals surface area (Å²) >= 11 is 0. The second kappa shape index (κ2) is 10.6. The van der Waals surface area contributed by atoms with Crippen LogP contribution in [0.5, 0.6) is 0 Å². The lowest BCUT2D eigenvalue weighted by molar-refractivity contribution is 0.0941. The normalized spacial score (nSPS) is 16.0. The van der Waals surface area contributed by atoms with E-state index in [2.05, 4.69) is 15.6 Å². The lowest BCUT2D eigenvalue weighted by atomic mass is 9.98. The van der Waals surface area contributed by atoms with Gasteiger partial charge in [-0.15, -0.1) is 0 Å². The minimum atomic E-state index is -0.268. The predicted octanol–water partition coefficient (Wildman–Crippen LogP) is 5.41. The highest BCUT2D eigenvalue weighted by molar-refractivity contribution is 5.97. The number of hydrogen-bond donors (Lipinski definition) is 2. The fraction of sp³-hybridized carbons (Fsp3) is 0.300. The maximum absolute atomic E-state index is 13.4. The number of carbonyl (C=O) groups is 1. The molecule has 5 rings (SSSR count). The summed E-state index contributed by atoms with van der Waals surface area (Å²) in [6, 6.07) is 16.9. The number of nitrogens with zero attached hydrogens (tertiary/aromatic N) is 1. The van der Waals surface area contributed by atoms with Crippen LogP contribution in [0.15, 0.2) is 70.0 Å². The molecule has 3 heterocycles. The molecule has 7 nitrogen and oxygen atoms in total. The minimum absolute atomic E-state index is 0.0467. The van der Waals surface area contributed by atoms with Crippen molar-refractivity contribution in [3.63, 3.8) is 0 Å². The third-order valence-corrected chi connectivity index (χ3v) is 6.86. The van der Waals surface area contributed by atoms with Crippen molar-refractivity contribution < 1.29 is 13.9 Å². The van der Waals surface area contributed by atoms with Crippen molar-refractivity contribution in [1.82, 2.24) is 10.3 Å². The van der Waals surface area contributed by atoms with Crippen molar-refractivity contribution in [2.75, 3.05) is 25.1 Å². The number of anilines is 1. The van der Waals surface area contributed by atoms with E-state index in [1.165, 1.54) is 0 Å². The number of rotatable bonds is 7. The Labute approximate surface area is 215 Å². The number of amides is 1. The summed E-state index contributed by atoms with van der Waals surface area (Å²) in [5.74, 6) is 0.657. The quantitative estimate of drug-likeness (QED) is 0.355. The average molecular weight is 498 g/mol. The number of aryl methyl sites for hydroxylation is 1. The van der Waals surface area contributed by atoms with Crippen LogP contribution in [0.3, 0.4) is 0 Å². The predicted molar refractivity (Wildman–Crippen MR) is 145 cm³/mol. The number of carbonyl (C=O) groups excluding carboxylic acids is 1. The first kappa shape index (κ1) is 24.7. The zero-order valence-electron chi connectivity index (χ0n) is 21.3. The van der Waals surface area contributed by atoms with Gasteiger partial charge < -0.3 is 19.8 Å². The molecule has 2 aromatic carbocycles. The molecule has 1 fully saturated rings. The van der Waals surface area contributed by atoms with E-state index < -0.39 is 0 Å². The zero-order chi connectivity index (χ0) is 25.9. The molecule has 0 radical (unpaired) electrons. The Morgan fingerprint density at radius 1 is 1.14 bits per heavy atom. The maximum atomic E-state index is 13.4. The van der Waals surface area contributed by atoms with Crippen molar-refractivity contribution in [3.8, 4) is 11.3 Å². The molecule has 1 amide bonds. The van der Waals surface area contributed by atoms with E-state index in [4.69, 9.17) is 9.15 Å². The summed E-state index contributed by atoms with van der Waals surface area (Å²) in [4.78, 5) is 30.7. The van der Waals surface area contributed by atoms with Crippen LogP contribution in [0.4, 0.5) is 5.69 Å². The lowest BCUT2D eigenvalue weighted by Crippen LogP contribution is -2.30. The molecule has 0 saturated carbocycles. The average Bonchev–Trinajstić information content (AvgIpc) is 3.44. The molecule has 0 bridgehead atoms. The first-order valence-electron chi connectivity index (χ1n) is 12.6. The van der Waals surface area contributed by atoms with Gasteiger partial charge in [0.1, 0.15) is 11.3 Å². The van der Waals surface area contributed by atoms with Crippen molar-refractivity contribution >= 4 is 22.6 Å². The standard InChI is InChI=1S/C30H31N3O4/c1-18-14-23(29-24(15-18)27(34)19(2)28(37-29)22-8-5-4-6-9-22)20(3)33-25-10-7-12-31-26(25)30(35)32-16-21-11-13-36-17-21/h4-10,12,14-15,20-21,33H,11,13,16-17H2,1-3H3,(H,32,35)/t20?,21-/m1/s1. The Morgan fingerprint density at radius 2 is 1.95 bits per heavy atom. The van der Waals surface area contributed by atoms with Crippen LogP contribution >= 0.6 is 0 Å². The van der Waals surface area contributed by atoms with Gasteiger partial charge in [-0.25, -0.2) is 4.98 Å². The van der Waals surface area contributed by atoms with E-state index in [1.54, 1.807) is 19.2 Å².